The van der Waals surface area contributed by atoms with Gasteiger partial charge in [-0.3, -0.25) is 0 Å². The van der Waals surface area contributed by atoms with E-state index in [0.717, 1.165) is 29.7 Å². The molecule has 2 rings (SSSR count). The van der Waals surface area contributed by atoms with E-state index in [0.29, 0.717) is 0 Å². The van der Waals surface area contributed by atoms with Crippen molar-refractivity contribution in [3.63, 3.8) is 0 Å². The molecule has 18 heavy (non-hydrogen) atoms. The van der Waals surface area contributed by atoms with Crippen LogP contribution in [0.1, 0.15) is 52.9 Å². The predicted molar refractivity (Wildman–Crippen MR) is 78.7 cm³/mol. The lowest BCUT2D eigenvalue weighted by Gasteiger charge is -2.39. The van der Waals surface area contributed by atoms with Gasteiger partial charge in [-0.2, -0.15) is 0 Å². The minimum absolute atomic E-state index is 0.774. The molecule has 2 aliphatic rings. The van der Waals surface area contributed by atoms with Gasteiger partial charge in [0.05, 0.1) is 0 Å². The van der Waals surface area contributed by atoms with Gasteiger partial charge >= 0.3 is 0 Å². The molecule has 2 nitrogen and oxygen atoms in total. The Morgan fingerprint density at radius 1 is 1.22 bits per heavy atom. The highest BCUT2D eigenvalue weighted by molar-refractivity contribution is 4.86. The first-order valence-electron chi connectivity index (χ1n) is 8.11. The molecule has 0 spiro atoms. The van der Waals surface area contributed by atoms with Gasteiger partial charge in [0.25, 0.3) is 0 Å². The van der Waals surface area contributed by atoms with Gasteiger partial charge in [-0.05, 0) is 69.0 Å². The molecule has 1 aliphatic heterocycles. The van der Waals surface area contributed by atoms with Crippen LogP contribution in [0.2, 0.25) is 0 Å². The van der Waals surface area contributed by atoms with Crippen molar-refractivity contribution in [3.8, 4) is 0 Å². The SMILES string of the molecule is CC1CCC(C(C)C)C(NCC2CCCNC2)C1. The lowest BCUT2D eigenvalue weighted by Crippen LogP contribution is -2.46. The van der Waals surface area contributed by atoms with Gasteiger partial charge in [-0.1, -0.05) is 27.2 Å². The maximum atomic E-state index is 3.91. The molecule has 4 atom stereocenters. The molecular formula is C16H32N2. The Bertz CT molecular complexity index is 233. The predicted octanol–water partition coefficient (Wildman–Crippen LogP) is 3.04. The van der Waals surface area contributed by atoms with Crippen LogP contribution in [-0.4, -0.2) is 25.7 Å². The van der Waals surface area contributed by atoms with E-state index in [1.54, 1.807) is 0 Å². The number of hydrogen-bond acceptors (Lipinski definition) is 2. The molecule has 0 amide bonds. The van der Waals surface area contributed by atoms with Crippen molar-refractivity contribution in [3.05, 3.63) is 0 Å². The first-order chi connectivity index (χ1) is 8.66. The Hall–Kier alpha value is -0.0800. The van der Waals surface area contributed by atoms with Crippen molar-refractivity contribution in [2.45, 2.75) is 58.9 Å². The molecule has 0 bridgehead atoms. The quantitative estimate of drug-likeness (QED) is 0.803. The van der Waals surface area contributed by atoms with Crippen LogP contribution in [0.3, 0.4) is 0 Å². The first kappa shape index (κ1) is 14.3. The van der Waals surface area contributed by atoms with Gasteiger partial charge in [0, 0.05) is 6.04 Å². The van der Waals surface area contributed by atoms with E-state index in [1.807, 2.05) is 0 Å². The summed E-state index contributed by atoms with van der Waals surface area (Å²) in [5.74, 6) is 3.52. The van der Waals surface area contributed by atoms with Crippen molar-refractivity contribution in [2.24, 2.45) is 23.7 Å². The molecule has 0 aromatic carbocycles. The Morgan fingerprint density at radius 2 is 2.06 bits per heavy atom. The van der Waals surface area contributed by atoms with E-state index in [2.05, 4.69) is 31.4 Å². The van der Waals surface area contributed by atoms with Crippen LogP contribution < -0.4 is 10.6 Å². The largest absolute Gasteiger partial charge is 0.316 e. The molecule has 1 aliphatic carbocycles. The Kier molecular flexibility index (Phi) is 5.50. The highest BCUT2D eigenvalue weighted by atomic mass is 15.0. The average Bonchev–Trinajstić information content (AvgIpc) is 2.37. The molecule has 1 saturated heterocycles. The van der Waals surface area contributed by atoms with E-state index < -0.39 is 0 Å². The summed E-state index contributed by atoms with van der Waals surface area (Å²) >= 11 is 0. The molecule has 0 aromatic rings. The first-order valence-corrected chi connectivity index (χ1v) is 8.11. The molecule has 0 aromatic heterocycles. The number of piperidine rings is 1. The molecule has 2 heteroatoms. The molecule has 1 heterocycles. The van der Waals surface area contributed by atoms with Crippen molar-refractivity contribution in [1.82, 2.24) is 10.6 Å². The fourth-order valence-corrected chi connectivity index (χ4v) is 3.85. The van der Waals surface area contributed by atoms with Crippen LogP contribution in [-0.2, 0) is 0 Å². The molecule has 0 radical (unpaired) electrons. The fourth-order valence-electron chi connectivity index (χ4n) is 3.85. The van der Waals surface area contributed by atoms with E-state index in [-0.39, 0.29) is 0 Å². The molecule has 2 N–H and O–H groups in total. The van der Waals surface area contributed by atoms with Crippen LogP contribution in [0.4, 0.5) is 0 Å². The monoisotopic (exact) mass is 252 g/mol. The summed E-state index contributed by atoms with van der Waals surface area (Å²) in [6.45, 7) is 10.9. The van der Waals surface area contributed by atoms with Gasteiger partial charge in [-0.15, -0.1) is 0 Å². The Morgan fingerprint density at radius 3 is 2.72 bits per heavy atom. The topological polar surface area (TPSA) is 24.1 Å². The fraction of sp³-hybridized carbons (Fsp3) is 1.00. The van der Waals surface area contributed by atoms with Gasteiger partial charge < -0.3 is 10.6 Å². The Labute approximate surface area is 113 Å². The van der Waals surface area contributed by atoms with E-state index in [1.165, 1.54) is 51.7 Å². The third-order valence-corrected chi connectivity index (χ3v) is 5.09. The van der Waals surface area contributed by atoms with Gasteiger partial charge in [0.15, 0.2) is 0 Å². The van der Waals surface area contributed by atoms with E-state index >= 15 is 0 Å². The van der Waals surface area contributed by atoms with Crippen molar-refractivity contribution >= 4 is 0 Å². The number of rotatable bonds is 4. The van der Waals surface area contributed by atoms with Crippen LogP contribution in [0.25, 0.3) is 0 Å². The number of nitrogens with one attached hydrogen (secondary N) is 2. The molecule has 106 valence electrons. The molecular weight excluding hydrogens is 220 g/mol. The Balaban J connectivity index is 1.80. The summed E-state index contributed by atoms with van der Waals surface area (Å²) in [5, 5.41) is 7.44. The second-order valence-corrected chi connectivity index (χ2v) is 7.05. The summed E-state index contributed by atoms with van der Waals surface area (Å²) in [6.07, 6.45) is 7.03. The summed E-state index contributed by atoms with van der Waals surface area (Å²) in [7, 11) is 0. The third-order valence-electron chi connectivity index (χ3n) is 5.09. The third kappa shape index (κ3) is 3.96. The highest BCUT2D eigenvalue weighted by Gasteiger charge is 2.30. The number of hydrogen-bond donors (Lipinski definition) is 2. The molecule has 4 unspecified atom stereocenters. The van der Waals surface area contributed by atoms with E-state index in [4.69, 9.17) is 0 Å². The van der Waals surface area contributed by atoms with Crippen molar-refractivity contribution in [1.29, 1.82) is 0 Å². The summed E-state index contributed by atoms with van der Waals surface area (Å²) in [4.78, 5) is 0. The van der Waals surface area contributed by atoms with Crippen LogP contribution in [0.5, 0.6) is 0 Å². The zero-order chi connectivity index (χ0) is 13.0. The van der Waals surface area contributed by atoms with Crippen molar-refractivity contribution in [2.75, 3.05) is 19.6 Å². The maximum Gasteiger partial charge on any atom is 0.0100 e. The summed E-state index contributed by atoms with van der Waals surface area (Å²) in [6, 6.07) is 0.774. The van der Waals surface area contributed by atoms with E-state index in [9.17, 15) is 0 Å². The van der Waals surface area contributed by atoms with Crippen LogP contribution in [0, 0.1) is 23.7 Å². The zero-order valence-corrected chi connectivity index (χ0v) is 12.5. The molecule has 1 saturated carbocycles. The molecule has 2 fully saturated rings. The second-order valence-electron chi connectivity index (χ2n) is 7.05. The van der Waals surface area contributed by atoms with Crippen LogP contribution in [0.15, 0.2) is 0 Å². The van der Waals surface area contributed by atoms with Crippen molar-refractivity contribution < 1.29 is 0 Å². The second kappa shape index (κ2) is 6.91. The van der Waals surface area contributed by atoms with Gasteiger partial charge in [-0.25, -0.2) is 0 Å². The smallest absolute Gasteiger partial charge is 0.0100 e. The summed E-state index contributed by atoms with van der Waals surface area (Å²) < 4.78 is 0. The standard InChI is InChI=1S/C16H32N2/c1-12(2)15-7-6-13(3)9-16(15)18-11-14-5-4-8-17-10-14/h12-18H,4-11H2,1-3H3. The van der Waals surface area contributed by atoms with Crippen LogP contribution >= 0.6 is 0 Å². The highest BCUT2D eigenvalue weighted by Crippen LogP contribution is 2.33. The lowest BCUT2D eigenvalue weighted by atomic mass is 9.74. The van der Waals surface area contributed by atoms with Gasteiger partial charge in [0.2, 0.25) is 0 Å². The normalized spacial score (nSPS) is 38.0. The lowest BCUT2D eigenvalue weighted by molar-refractivity contribution is 0.162. The van der Waals surface area contributed by atoms with Gasteiger partial charge in [0.1, 0.15) is 0 Å². The zero-order valence-electron chi connectivity index (χ0n) is 12.5. The summed E-state index contributed by atoms with van der Waals surface area (Å²) in [5.41, 5.74) is 0. The average molecular weight is 252 g/mol. The minimum Gasteiger partial charge on any atom is -0.316 e. The minimum atomic E-state index is 0.774. The maximum absolute atomic E-state index is 3.91.